The summed E-state index contributed by atoms with van der Waals surface area (Å²) < 4.78 is 7.32. The monoisotopic (exact) mass is 274 g/mol. The van der Waals surface area contributed by atoms with Crippen molar-refractivity contribution < 1.29 is 4.74 Å². The summed E-state index contributed by atoms with van der Waals surface area (Å²) in [4.78, 5) is 6.47. The summed E-state index contributed by atoms with van der Waals surface area (Å²) in [5, 5.41) is 4.48. The maximum absolute atomic E-state index is 5.28. The van der Waals surface area contributed by atoms with Gasteiger partial charge >= 0.3 is 0 Å². The molecule has 2 aromatic heterocycles. The van der Waals surface area contributed by atoms with Gasteiger partial charge in [0.2, 0.25) is 5.88 Å². The third kappa shape index (κ3) is 3.57. The van der Waals surface area contributed by atoms with Crippen LogP contribution >= 0.6 is 0 Å². The molecule has 0 fully saturated rings. The highest BCUT2D eigenvalue weighted by molar-refractivity contribution is 5.25. The summed E-state index contributed by atoms with van der Waals surface area (Å²) in [5.74, 6) is 0.700. The first kappa shape index (κ1) is 14.5. The normalized spacial score (nSPS) is 11.1. The van der Waals surface area contributed by atoms with Crippen LogP contribution in [0.5, 0.6) is 5.88 Å². The molecular weight excluding hydrogens is 252 g/mol. The van der Waals surface area contributed by atoms with Gasteiger partial charge in [-0.15, -0.1) is 0 Å². The summed E-state index contributed by atoms with van der Waals surface area (Å²) in [7, 11) is 3.75. The Morgan fingerprint density at radius 2 is 2.15 bits per heavy atom. The SMILES string of the molecule is COc1ncccc1CN(C)CCn1nc(C)cc1C. The average Bonchev–Trinajstić information content (AvgIpc) is 2.75. The van der Waals surface area contributed by atoms with Crippen molar-refractivity contribution in [1.29, 1.82) is 0 Å². The van der Waals surface area contributed by atoms with Crippen molar-refractivity contribution >= 4 is 0 Å². The Labute approximate surface area is 120 Å². The van der Waals surface area contributed by atoms with Gasteiger partial charge in [0.25, 0.3) is 0 Å². The van der Waals surface area contributed by atoms with Crippen molar-refractivity contribution in [2.75, 3.05) is 20.7 Å². The molecule has 0 spiro atoms. The summed E-state index contributed by atoms with van der Waals surface area (Å²) in [6.45, 7) is 6.74. The lowest BCUT2D eigenvalue weighted by atomic mass is 10.2. The highest BCUT2D eigenvalue weighted by Gasteiger charge is 2.08. The first-order valence-electron chi connectivity index (χ1n) is 6.77. The average molecular weight is 274 g/mol. The molecule has 2 rings (SSSR count). The predicted molar refractivity (Wildman–Crippen MR) is 78.8 cm³/mol. The van der Waals surface area contributed by atoms with Crippen LogP contribution in [0.4, 0.5) is 0 Å². The van der Waals surface area contributed by atoms with Gasteiger partial charge in [-0.1, -0.05) is 6.07 Å². The first-order valence-corrected chi connectivity index (χ1v) is 6.77. The maximum Gasteiger partial charge on any atom is 0.217 e. The number of pyridine rings is 1. The minimum absolute atomic E-state index is 0.700. The molecule has 5 heteroatoms. The van der Waals surface area contributed by atoms with E-state index in [1.54, 1.807) is 13.3 Å². The number of methoxy groups -OCH3 is 1. The first-order chi connectivity index (χ1) is 9.60. The molecular formula is C15H22N4O. The van der Waals surface area contributed by atoms with Crippen LogP contribution in [0.15, 0.2) is 24.4 Å². The van der Waals surface area contributed by atoms with E-state index < -0.39 is 0 Å². The Morgan fingerprint density at radius 3 is 2.80 bits per heavy atom. The fourth-order valence-electron chi connectivity index (χ4n) is 2.26. The van der Waals surface area contributed by atoms with Gasteiger partial charge in [0, 0.05) is 30.5 Å². The molecule has 0 saturated carbocycles. The van der Waals surface area contributed by atoms with Gasteiger partial charge in [0.05, 0.1) is 19.3 Å². The van der Waals surface area contributed by atoms with Crippen LogP contribution in [0, 0.1) is 13.8 Å². The number of nitrogens with zero attached hydrogens (tertiary/aromatic N) is 4. The molecule has 0 aromatic carbocycles. The van der Waals surface area contributed by atoms with Crippen LogP contribution in [0.1, 0.15) is 17.0 Å². The van der Waals surface area contributed by atoms with Gasteiger partial charge in [-0.25, -0.2) is 4.98 Å². The fourth-order valence-corrected chi connectivity index (χ4v) is 2.26. The van der Waals surface area contributed by atoms with Crippen molar-refractivity contribution in [2.45, 2.75) is 26.9 Å². The van der Waals surface area contributed by atoms with Gasteiger partial charge in [0.15, 0.2) is 0 Å². The van der Waals surface area contributed by atoms with E-state index in [0.29, 0.717) is 5.88 Å². The van der Waals surface area contributed by atoms with E-state index in [-0.39, 0.29) is 0 Å². The minimum Gasteiger partial charge on any atom is -0.481 e. The Morgan fingerprint density at radius 1 is 1.35 bits per heavy atom. The zero-order chi connectivity index (χ0) is 14.5. The van der Waals surface area contributed by atoms with E-state index >= 15 is 0 Å². The fraction of sp³-hybridized carbons (Fsp3) is 0.467. The number of rotatable bonds is 6. The molecule has 0 N–H and O–H groups in total. The quantitative estimate of drug-likeness (QED) is 0.808. The second-order valence-corrected chi connectivity index (χ2v) is 5.06. The number of hydrogen-bond donors (Lipinski definition) is 0. The van der Waals surface area contributed by atoms with Gasteiger partial charge in [-0.05, 0) is 33.0 Å². The lowest BCUT2D eigenvalue weighted by molar-refractivity contribution is 0.295. The maximum atomic E-state index is 5.28. The topological polar surface area (TPSA) is 43.2 Å². The predicted octanol–water partition coefficient (Wildman–Crippen LogP) is 2.04. The highest BCUT2D eigenvalue weighted by Crippen LogP contribution is 2.15. The number of aromatic nitrogens is 3. The summed E-state index contributed by atoms with van der Waals surface area (Å²) in [6, 6.07) is 6.09. The molecule has 0 amide bonds. The third-order valence-electron chi connectivity index (χ3n) is 3.28. The number of ether oxygens (including phenoxy) is 1. The molecule has 0 aliphatic rings. The van der Waals surface area contributed by atoms with E-state index in [9.17, 15) is 0 Å². The molecule has 2 heterocycles. The van der Waals surface area contributed by atoms with Gasteiger partial charge in [0.1, 0.15) is 0 Å². The van der Waals surface area contributed by atoms with Crippen LogP contribution in [-0.4, -0.2) is 40.4 Å². The minimum atomic E-state index is 0.700. The second kappa shape index (κ2) is 6.52. The van der Waals surface area contributed by atoms with Crippen LogP contribution in [0.25, 0.3) is 0 Å². The molecule has 5 nitrogen and oxygen atoms in total. The van der Waals surface area contributed by atoms with Crippen molar-refractivity contribution in [3.63, 3.8) is 0 Å². The largest absolute Gasteiger partial charge is 0.481 e. The summed E-state index contributed by atoms with van der Waals surface area (Å²) in [5.41, 5.74) is 3.37. The Balaban J connectivity index is 1.92. The highest BCUT2D eigenvalue weighted by atomic mass is 16.5. The van der Waals surface area contributed by atoms with Crippen LogP contribution in [0.2, 0.25) is 0 Å². The lowest BCUT2D eigenvalue weighted by Crippen LogP contribution is -2.24. The second-order valence-electron chi connectivity index (χ2n) is 5.06. The molecule has 0 unspecified atom stereocenters. The number of aryl methyl sites for hydroxylation is 2. The van der Waals surface area contributed by atoms with E-state index in [1.165, 1.54) is 5.69 Å². The third-order valence-corrected chi connectivity index (χ3v) is 3.28. The van der Waals surface area contributed by atoms with Crippen LogP contribution in [-0.2, 0) is 13.1 Å². The molecule has 0 radical (unpaired) electrons. The smallest absolute Gasteiger partial charge is 0.217 e. The summed E-state index contributed by atoms with van der Waals surface area (Å²) >= 11 is 0. The van der Waals surface area contributed by atoms with Crippen molar-refractivity contribution in [3.8, 4) is 5.88 Å². The molecule has 0 aliphatic heterocycles. The van der Waals surface area contributed by atoms with Crippen molar-refractivity contribution in [3.05, 3.63) is 41.3 Å². The molecule has 108 valence electrons. The lowest BCUT2D eigenvalue weighted by Gasteiger charge is -2.18. The molecule has 20 heavy (non-hydrogen) atoms. The molecule has 0 bridgehead atoms. The van der Waals surface area contributed by atoms with E-state index in [0.717, 1.165) is 30.9 Å². The van der Waals surface area contributed by atoms with Crippen molar-refractivity contribution in [1.82, 2.24) is 19.7 Å². The number of likely N-dealkylation sites (N-methyl/N-ethyl adjacent to an activating group) is 1. The van der Waals surface area contributed by atoms with Gasteiger partial charge in [-0.2, -0.15) is 5.10 Å². The van der Waals surface area contributed by atoms with Crippen LogP contribution in [0.3, 0.4) is 0 Å². The Kier molecular flexibility index (Phi) is 4.74. The Hall–Kier alpha value is -1.88. The summed E-state index contributed by atoms with van der Waals surface area (Å²) in [6.07, 6.45) is 1.75. The van der Waals surface area contributed by atoms with Crippen molar-refractivity contribution in [2.24, 2.45) is 0 Å². The Bertz CT molecular complexity index is 565. The van der Waals surface area contributed by atoms with E-state index in [2.05, 4.69) is 35.0 Å². The van der Waals surface area contributed by atoms with Gasteiger partial charge in [-0.3, -0.25) is 4.68 Å². The van der Waals surface area contributed by atoms with Crippen LogP contribution < -0.4 is 4.74 Å². The standard InChI is InChI=1S/C15H22N4O/c1-12-10-13(2)19(17-12)9-8-18(3)11-14-6-5-7-16-15(14)20-4/h5-7,10H,8-9,11H2,1-4H3. The van der Waals surface area contributed by atoms with E-state index in [1.807, 2.05) is 23.7 Å². The molecule has 0 saturated heterocycles. The molecule has 0 aliphatic carbocycles. The van der Waals surface area contributed by atoms with Gasteiger partial charge < -0.3 is 9.64 Å². The number of hydrogen-bond acceptors (Lipinski definition) is 4. The zero-order valence-electron chi connectivity index (χ0n) is 12.6. The molecule has 2 aromatic rings. The molecule has 0 atom stereocenters. The zero-order valence-corrected chi connectivity index (χ0v) is 12.6. The van der Waals surface area contributed by atoms with E-state index in [4.69, 9.17) is 4.74 Å².